The topological polar surface area (TPSA) is 49.3 Å². The second-order valence-corrected chi connectivity index (χ2v) is 4.59. The van der Waals surface area contributed by atoms with Gasteiger partial charge in [-0.15, -0.1) is 0 Å². The molecule has 2 unspecified atom stereocenters. The zero-order valence-electron chi connectivity index (χ0n) is 10.5. The molecule has 0 saturated heterocycles. The molecule has 2 atom stereocenters. The van der Waals surface area contributed by atoms with Gasteiger partial charge in [0, 0.05) is 12.1 Å². The Balaban J connectivity index is 2.25. The minimum atomic E-state index is -0.750. The van der Waals surface area contributed by atoms with Crippen LogP contribution in [0, 0.1) is 0 Å². The van der Waals surface area contributed by atoms with Gasteiger partial charge in [0.1, 0.15) is 0 Å². The lowest BCUT2D eigenvalue weighted by molar-refractivity contribution is -0.137. The first kappa shape index (κ1) is 13.7. The molecule has 0 fully saturated rings. The first-order valence-electron chi connectivity index (χ1n) is 6.09. The van der Waals surface area contributed by atoms with Gasteiger partial charge in [-0.3, -0.25) is 4.79 Å². The van der Waals surface area contributed by atoms with Crippen molar-refractivity contribution in [3.05, 3.63) is 35.9 Å². The molecule has 1 rings (SSSR count). The number of aryl methyl sites for hydroxylation is 1. The van der Waals surface area contributed by atoms with Crippen LogP contribution in [0.25, 0.3) is 0 Å². The van der Waals surface area contributed by atoms with Crippen molar-refractivity contribution in [3.63, 3.8) is 0 Å². The normalized spacial score (nSPS) is 14.2. The van der Waals surface area contributed by atoms with E-state index in [4.69, 9.17) is 5.11 Å². The van der Waals surface area contributed by atoms with Crippen LogP contribution in [0.1, 0.15) is 32.3 Å². The minimum Gasteiger partial charge on any atom is -0.481 e. The van der Waals surface area contributed by atoms with Crippen LogP contribution in [0.15, 0.2) is 30.3 Å². The molecule has 1 aromatic rings. The first-order chi connectivity index (χ1) is 8.08. The monoisotopic (exact) mass is 235 g/mol. The van der Waals surface area contributed by atoms with Gasteiger partial charge in [-0.2, -0.15) is 0 Å². The fourth-order valence-electron chi connectivity index (χ4n) is 1.92. The number of benzene rings is 1. The molecule has 0 aromatic heterocycles. The molecular weight excluding hydrogens is 214 g/mol. The zero-order valence-corrected chi connectivity index (χ0v) is 10.5. The summed E-state index contributed by atoms with van der Waals surface area (Å²) in [4.78, 5) is 10.5. The van der Waals surface area contributed by atoms with Gasteiger partial charge in [0.05, 0.1) is 6.42 Å². The summed E-state index contributed by atoms with van der Waals surface area (Å²) in [5, 5.41) is 12.0. The van der Waals surface area contributed by atoms with E-state index in [0.717, 1.165) is 12.8 Å². The number of rotatable bonds is 7. The van der Waals surface area contributed by atoms with E-state index in [1.165, 1.54) is 5.56 Å². The van der Waals surface area contributed by atoms with Gasteiger partial charge in [-0.05, 0) is 32.3 Å². The second kappa shape index (κ2) is 7.07. The first-order valence-corrected chi connectivity index (χ1v) is 6.09. The average molecular weight is 235 g/mol. The van der Waals surface area contributed by atoms with E-state index in [1.54, 1.807) is 0 Å². The van der Waals surface area contributed by atoms with E-state index in [9.17, 15) is 4.79 Å². The lowest BCUT2D eigenvalue weighted by Gasteiger charge is -2.18. The Morgan fingerprint density at radius 1 is 1.24 bits per heavy atom. The van der Waals surface area contributed by atoms with Crippen LogP contribution in [-0.2, 0) is 11.2 Å². The number of hydrogen-bond donors (Lipinski definition) is 2. The quantitative estimate of drug-likeness (QED) is 0.763. The van der Waals surface area contributed by atoms with Gasteiger partial charge in [0.15, 0.2) is 0 Å². The molecule has 3 heteroatoms. The molecule has 0 saturated carbocycles. The van der Waals surface area contributed by atoms with Crippen molar-refractivity contribution in [3.8, 4) is 0 Å². The van der Waals surface area contributed by atoms with Crippen LogP contribution in [-0.4, -0.2) is 23.2 Å². The Morgan fingerprint density at radius 3 is 2.47 bits per heavy atom. The van der Waals surface area contributed by atoms with Crippen molar-refractivity contribution in [2.24, 2.45) is 0 Å². The molecule has 1 aromatic carbocycles. The number of carbonyl (C=O) groups is 1. The largest absolute Gasteiger partial charge is 0.481 e. The van der Waals surface area contributed by atoms with Crippen molar-refractivity contribution < 1.29 is 9.90 Å². The number of aliphatic carboxylic acids is 1. The summed E-state index contributed by atoms with van der Waals surface area (Å²) in [6, 6.07) is 10.7. The molecule has 0 heterocycles. The lowest BCUT2D eigenvalue weighted by atomic mass is 10.1. The van der Waals surface area contributed by atoms with Crippen LogP contribution < -0.4 is 5.32 Å². The number of nitrogens with one attached hydrogen (secondary N) is 1. The van der Waals surface area contributed by atoms with E-state index < -0.39 is 5.97 Å². The molecule has 0 bridgehead atoms. The summed E-state index contributed by atoms with van der Waals surface area (Å²) in [6.45, 7) is 4.01. The van der Waals surface area contributed by atoms with Gasteiger partial charge >= 0.3 is 5.97 Å². The summed E-state index contributed by atoms with van der Waals surface area (Å²) in [5.41, 5.74) is 1.33. The molecule has 0 aliphatic heterocycles. The molecule has 3 nitrogen and oxygen atoms in total. The number of carboxylic acid groups (broad SMARTS) is 1. The van der Waals surface area contributed by atoms with E-state index in [-0.39, 0.29) is 12.5 Å². The van der Waals surface area contributed by atoms with Crippen molar-refractivity contribution in [2.45, 2.75) is 45.2 Å². The Morgan fingerprint density at radius 2 is 1.88 bits per heavy atom. The number of hydrogen-bond acceptors (Lipinski definition) is 2. The summed E-state index contributed by atoms with van der Waals surface area (Å²) >= 11 is 0. The summed E-state index contributed by atoms with van der Waals surface area (Å²) in [5.74, 6) is -0.750. The van der Waals surface area contributed by atoms with Crippen LogP contribution in [0.2, 0.25) is 0 Å². The van der Waals surface area contributed by atoms with Crippen molar-refractivity contribution >= 4 is 5.97 Å². The standard InChI is InChI=1S/C14H21NO2/c1-11(15-12(2)10-14(16)17)8-9-13-6-4-3-5-7-13/h3-7,11-12,15H,8-10H2,1-2H3,(H,16,17). The fourth-order valence-corrected chi connectivity index (χ4v) is 1.92. The predicted octanol–water partition coefficient (Wildman–Crippen LogP) is 2.46. The Kier molecular flexibility index (Phi) is 5.70. The highest BCUT2D eigenvalue weighted by atomic mass is 16.4. The van der Waals surface area contributed by atoms with E-state index >= 15 is 0 Å². The highest BCUT2D eigenvalue weighted by molar-refractivity contribution is 5.67. The summed E-state index contributed by atoms with van der Waals surface area (Å²) < 4.78 is 0. The Bertz CT molecular complexity index is 337. The molecular formula is C14H21NO2. The highest BCUT2D eigenvalue weighted by Gasteiger charge is 2.10. The molecule has 0 spiro atoms. The van der Waals surface area contributed by atoms with Crippen LogP contribution >= 0.6 is 0 Å². The maximum atomic E-state index is 10.5. The lowest BCUT2D eigenvalue weighted by Crippen LogP contribution is -2.36. The van der Waals surface area contributed by atoms with Gasteiger partial charge < -0.3 is 10.4 Å². The molecule has 2 N–H and O–H groups in total. The van der Waals surface area contributed by atoms with Crippen molar-refractivity contribution in [1.82, 2.24) is 5.32 Å². The summed E-state index contributed by atoms with van der Waals surface area (Å²) in [7, 11) is 0. The predicted molar refractivity (Wildman–Crippen MR) is 69.1 cm³/mol. The van der Waals surface area contributed by atoms with Crippen molar-refractivity contribution in [2.75, 3.05) is 0 Å². The average Bonchev–Trinajstić information content (AvgIpc) is 2.26. The van der Waals surface area contributed by atoms with Crippen molar-refractivity contribution in [1.29, 1.82) is 0 Å². The van der Waals surface area contributed by atoms with E-state index in [1.807, 2.05) is 25.1 Å². The smallest absolute Gasteiger partial charge is 0.304 e. The summed E-state index contributed by atoms with van der Waals surface area (Å²) in [6.07, 6.45) is 2.22. The molecule has 17 heavy (non-hydrogen) atoms. The van der Waals surface area contributed by atoms with Crippen LogP contribution in [0.5, 0.6) is 0 Å². The van der Waals surface area contributed by atoms with Crippen LogP contribution in [0.4, 0.5) is 0 Å². The van der Waals surface area contributed by atoms with Crippen LogP contribution in [0.3, 0.4) is 0 Å². The highest BCUT2D eigenvalue weighted by Crippen LogP contribution is 2.05. The van der Waals surface area contributed by atoms with Gasteiger partial charge in [-0.25, -0.2) is 0 Å². The third-order valence-electron chi connectivity index (χ3n) is 2.76. The maximum Gasteiger partial charge on any atom is 0.304 e. The van der Waals surface area contributed by atoms with E-state index in [2.05, 4.69) is 24.4 Å². The fraction of sp³-hybridized carbons (Fsp3) is 0.500. The van der Waals surface area contributed by atoms with Gasteiger partial charge in [0.25, 0.3) is 0 Å². The maximum absolute atomic E-state index is 10.5. The SMILES string of the molecule is CC(CCc1ccccc1)NC(C)CC(=O)O. The molecule has 0 radical (unpaired) electrons. The third kappa shape index (κ3) is 6.07. The van der Waals surface area contributed by atoms with Gasteiger partial charge in [-0.1, -0.05) is 30.3 Å². The molecule has 0 aliphatic carbocycles. The Hall–Kier alpha value is -1.35. The van der Waals surface area contributed by atoms with Gasteiger partial charge in [0.2, 0.25) is 0 Å². The zero-order chi connectivity index (χ0) is 12.7. The molecule has 0 amide bonds. The Labute approximate surface area is 103 Å². The van der Waals surface area contributed by atoms with E-state index in [0.29, 0.717) is 6.04 Å². The molecule has 0 aliphatic rings. The number of carboxylic acids is 1. The second-order valence-electron chi connectivity index (χ2n) is 4.59. The third-order valence-corrected chi connectivity index (χ3v) is 2.76. The molecule has 94 valence electrons. The minimum absolute atomic E-state index is 0.0262.